The highest BCUT2D eigenvalue weighted by molar-refractivity contribution is 7.89. The lowest BCUT2D eigenvalue weighted by molar-refractivity contribution is 0.301. The minimum atomic E-state index is -3.41. The van der Waals surface area contributed by atoms with E-state index in [0.29, 0.717) is 11.4 Å². The van der Waals surface area contributed by atoms with E-state index < -0.39 is 10.0 Å². The normalized spacial score (nSPS) is 18.1. The summed E-state index contributed by atoms with van der Waals surface area (Å²) in [5.41, 5.74) is 1.13. The molecule has 0 saturated heterocycles. The Morgan fingerprint density at radius 1 is 1.25 bits per heavy atom. The Hall–Kier alpha value is -1.13. The summed E-state index contributed by atoms with van der Waals surface area (Å²) in [6.45, 7) is 6.26. The van der Waals surface area contributed by atoms with Crippen LogP contribution in [0.2, 0.25) is 0 Å². The van der Waals surface area contributed by atoms with Gasteiger partial charge in [0.25, 0.3) is 0 Å². The first-order valence-electron chi connectivity index (χ1n) is 7.15. The number of benzene rings is 1. The van der Waals surface area contributed by atoms with Crippen LogP contribution in [0.4, 0.5) is 0 Å². The number of hydrogen-bond donors (Lipinski definition) is 1. The van der Waals surface area contributed by atoms with Crippen molar-refractivity contribution in [1.82, 2.24) is 4.72 Å². The van der Waals surface area contributed by atoms with Crippen molar-refractivity contribution >= 4 is 10.0 Å². The van der Waals surface area contributed by atoms with Gasteiger partial charge in [0, 0.05) is 6.54 Å². The molecule has 0 radical (unpaired) electrons. The van der Waals surface area contributed by atoms with Gasteiger partial charge in [0.2, 0.25) is 10.0 Å². The fourth-order valence-electron chi connectivity index (χ4n) is 2.93. The van der Waals surface area contributed by atoms with Gasteiger partial charge in [-0.1, -0.05) is 36.6 Å². The van der Waals surface area contributed by atoms with E-state index in [0.717, 1.165) is 24.8 Å². The average molecular weight is 293 g/mol. The number of nitrogens with one attached hydrogen (secondary N) is 1. The molecule has 1 fully saturated rings. The van der Waals surface area contributed by atoms with E-state index in [1.54, 1.807) is 12.1 Å². The quantitative estimate of drug-likeness (QED) is 0.817. The maximum absolute atomic E-state index is 12.3. The van der Waals surface area contributed by atoms with Crippen LogP contribution in [0.1, 0.15) is 37.7 Å². The number of rotatable bonds is 6. The molecule has 0 spiro atoms. The van der Waals surface area contributed by atoms with Crippen LogP contribution in [0, 0.1) is 12.3 Å². The Kier molecular flexibility index (Phi) is 4.66. The predicted octanol–water partition coefficient (Wildman–Crippen LogP) is 3.41. The van der Waals surface area contributed by atoms with E-state index in [1.807, 2.05) is 25.1 Å². The van der Waals surface area contributed by atoms with Gasteiger partial charge in [-0.05, 0) is 43.7 Å². The zero-order chi connectivity index (χ0) is 14.6. The SMILES string of the molecule is C=CCC1(CNS(=O)(=O)c2ccc(C)cc2)CCCC1. The molecule has 1 N–H and O–H groups in total. The highest BCUT2D eigenvalue weighted by Gasteiger charge is 2.33. The van der Waals surface area contributed by atoms with E-state index in [9.17, 15) is 8.42 Å². The molecule has 1 aliphatic rings. The fourth-order valence-corrected chi connectivity index (χ4v) is 4.09. The van der Waals surface area contributed by atoms with E-state index in [1.165, 1.54) is 12.8 Å². The monoisotopic (exact) mass is 293 g/mol. The van der Waals surface area contributed by atoms with Crippen LogP contribution in [0.25, 0.3) is 0 Å². The second kappa shape index (κ2) is 6.10. The van der Waals surface area contributed by atoms with Gasteiger partial charge in [0.05, 0.1) is 4.90 Å². The molecule has 2 rings (SSSR count). The lowest BCUT2D eigenvalue weighted by atomic mass is 9.83. The van der Waals surface area contributed by atoms with Gasteiger partial charge >= 0.3 is 0 Å². The van der Waals surface area contributed by atoms with Crippen molar-refractivity contribution in [3.63, 3.8) is 0 Å². The van der Waals surface area contributed by atoms with Crippen molar-refractivity contribution in [3.8, 4) is 0 Å². The maximum atomic E-state index is 12.3. The van der Waals surface area contributed by atoms with Crippen LogP contribution in [0.3, 0.4) is 0 Å². The van der Waals surface area contributed by atoms with Crippen LogP contribution in [0.5, 0.6) is 0 Å². The molecule has 0 amide bonds. The Balaban J connectivity index is 2.08. The Morgan fingerprint density at radius 3 is 2.40 bits per heavy atom. The Bertz CT molecular complexity index is 555. The summed E-state index contributed by atoms with van der Waals surface area (Å²) in [6.07, 6.45) is 7.31. The first kappa shape index (κ1) is 15.3. The molecule has 0 aromatic heterocycles. The van der Waals surface area contributed by atoms with Gasteiger partial charge in [-0.3, -0.25) is 0 Å². The topological polar surface area (TPSA) is 46.2 Å². The van der Waals surface area contributed by atoms with Crippen LogP contribution in [0.15, 0.2) is 41.8 Å². The smallest absolute Gasteiger partial charge is 0.211 e. The van der Waals surface area contributed by atoms with Crippen LogP contribution >= 0.6 is 0 Å². The molecule has 1 saturated carbocycles. The molecule has 0 unspecified atom stereocenters. The molecule has 0 aliphatic heterocycles. The van der Waals surface area contributed by atoms with Gasteiger partial charge in [-0.15, -0.1) is 6.58 Å². The predicted molar refractivity (Wildman–Crippen MR) is 82.1 cm³/mol. The minimum Gasteiger partial charge on any atom is -0.211 e. The number of sulfonamides is 1. The standard InChI is InChI=1S/C16H23NO2S/c1-3-10-16(11-4-5-12-16)13-17-20(18,19)15-8-6-14(2)7-9-15/h3,6-9,17H,1,4-5,10-13H2,2H3. The van der Waals surface area contributed by atoms with Gasteiger partial charge < -0.3 is 0 Å². The minimum absolute atomic E-state index is 0.0690. The van der Waals surface area contributed by atoms with E-state index >= 15 is 0 Å². The third-order valence-electron chi connectivity index (χ3n) is 4.21. The second-order valence-corrected chi connectivity index (χ2v) is 7.60. The van der Waals surface area contributed by atoms with E-state index in [-0.39, 0.29) is 5.41 Å². The van der Waals surface area contributed by atoms with Gasteiger partial charge in [0.15, 0.2) is 0 Å². The molecule has 0 heterocycles. The summed E-state index contributed by atoms with van der Waals surface area (Å²) in [7, 11) is -3.41. The third kappa shape index (κ3) is 3.49. The third-order valence-corrected chi connectivity index (χ3v) is 5.63. The number of allylic oxidation sites excluding steroid dienone is 1. The summed E-state index contributed by atoms with van der Waals surface area (Å²) >= 11 is 0. The number of hydrogen-bond acceptors (Lipinski definition) is 2. The average Bonchev–Trinajstić information content (AvgIpc) is 2.87. The first-order valence-corrected chi connectivity index (χ1v) is 8.63. The van der Waals surface area contributed by atoms with Gasteiger partial charge in [-0.25, -0.2) is 13.1 Å². The molecule has 1 aliphatic carbocycles. The maximum Gasteiger partial charge on any atom is 0.240 e. The highest BCUT2D eigenvalue weighted by Crippen LogP contribution is 2.41. The summed E-state index contributed by atoms with van der Waals surface area (Å²) in [6, 6.07) is 6.96. The second-order valence-electron chi connectivity index (χ2n) is 5.84. The zero-order valence-corrected chi connectivity index (χ0v) is 12.9. The summed E-state index contributed by atoms with van der Waals surface area (Å²) < 4.78 is 27.4. The highest BCUT2D eigenvalue weighted by atomic mass is 32.2. The van der Waals surface area contributed by atoms with Crippen molar-refractivity contribution in [2.75, 3.05) is 6.54 Å². The Morgan fingerprint density at radius 2 is 1.85 bits per heavy atom. The molecular weight excluding hydrogens is 270 g/mol. The lowest BCUT2D eigenvalue weighted by Crippen LogP contribution is -2.35. The molecule has 4 heteroatoms. The van der Waals surface area contributed by atoms with Crippen LogP contribution < -0.4 is 4.72 Å². The zero-order valence-electron chi connectivity index (χ0n) is 12.1. The molecule has 110 valence electrons. The van der Waals surface area contributed by atoms with E-state index in [2.05, 4.69) is 11.3 Å². The van der Waals surface area contributed by atoms with Crippen molar-refractivity contribution < 1.29 is 8.42 Å². The summed E-state index contributed by atoms with van der Waals surface area (Å²) in [5.74, 6) is 0. The van der Waals surface area contributed by atoms with Crippen molar-refractivity contribution in [2.24, 2.45) is 5.41 Å². The largest absolute Gasteiger partial charge is 0.240 e. The van der Waals surface area contributed by atoms with Crippen LogP contribution in [-0.4, -0.2) is 15.0 Å². The molecule has 1 aromatic rings. The van der Waals surface area contributed by atoms with Crippen molar-refractivity contribution in [1.29, 1.82) is 0 Å². The van der Waals surface area contributed by atoms with Crippen molar-refractivity contribution in [2.45, 2.75) is 43.9 Å². The molecule has 20 heavy (non-hydrogen) atoms. The van der Waals surface area contributed by atoms with Gasteiger partial charge in [0.1, 0.15) is 0 Å². The molecule has 1 aromatic carbocycles. The first-order chi connectivity index (χ1) is 9.47. The Labute approximate surface area is 122 Å². The summed E-state index contributed by atoms with van der Waals surface area (Å²) in [5, 5.41) is 0. The molecular formula is C16H23NO2S. The van der Waals surface area contributed by atoms with Crippen LogP contribution in [-0.2, 0) is 10.0 Å². The molecule has 3 nitrogen and oxygen atoms in total. The molecule has 0 atom stereocenters. The van der Waals surface area contributed by atoms with Crippen molar-refractivity contribution in [3.05, 3.63) is 42.5 Å². The fraction of sp³-hybridized carbons (Fsp3) is 0.500. The molecule has 0 bridgehead atoms. The van der Waals surface area contributed by atoms with E-state index in [4.69, 9.17) is 0 Å². The lowest BCUT2D eigenvalue weighted by Gasteiger charge is -2.27. The van der Waals surface area contributed by atoms with Gasteiger partial charge in [-0.2, -0.15) is 0 Å². The number of aryl methyl sites for hydroxylation is 1. The summed E-state index contributed by atoms with van der Waals surface area (Å²) in [4.78, 5) is 0.342.